The van der Waals surface area contributed by atoms with Crippen LogP contribution in [0.3, 0.4) is 0 Å². The van der Waals surface area contributed by atoms with Gasteiger partial charge in [0.05, 0.1) is 27.6 Å². The Hall–Kier alpha value is -2.49. The predicted octanol–water partition coefficient (Wildman–Crippen LogP) is 4.08. The van der Waals surface area contributed by atoms with Crippen LogP contribution in [0.25, 0.3) is 10.2 Å². The number of rotatable bonds is 7. The average Bonchev–Trinajstić information content (AvgIpc) is 3.40. The predicted molar refractivity (Wildman–Crippen MR) is 117 cm³/mol. The third kappa shape index (κ3) is 5.16. The molecule has 1 fully saturated rings. The maximum absolute atomic E-state index is 13.8. The van der Waals surface area contributed by atoms with Crippen LogP contribution in [0.5, 0.6) is 0 Å². The van der Waals surface area contributed by atoms with E-state index in [2.05, 4.69) is 15.6 Å². The number of benzene rings is 2. The number of carbonyl (C=O) groups is 2. The first-order valence-electron chi connectivity index (χ1n) is 9.56. The number of anilines is 1. The zero-order chi connectivity index (χ0) is 20.9. The lowest BCUT2D eigenvalue weighted by atomic mass is 10.2. The van der Waals surface area contributed by atoms with Gasteiger partial charge in [0.2, 0.25) is 5.91 Å². The molecule has 4 rings (SSSR count). The summed E-state index contributed by atoms with van der Waals surface area (Å²) >= 11 is 2.82. The summed E-state index contributed by atoms with van der Waals surface area (Å²) in [5.41, 5.74) is 1.34. The van der Waals surface area contributed by atoms with Crippen LogP contribution >= 0.6 is 23.1 Å². The van der Waals surface area contributed by atoms with Gasteiger partial charge in [0.25, 0.3) is 5.91 Å². The number of hydrogen-bond acceptors (Lipinski definition) is 6. The molecule has 0 aliphatic carbocycles. The monoisotopic (exact) mass is 445 g/mol. The Balaban J connectivity index is 1.34. The summed E-state index contributed by atoms with van der Waals surface area (Å²) in [6, 6.07) is 11.2. The first kappa shape index (κ1) is 20.8. The van der Waals surface area contributed by atoms with E-state index in [-0.39, 0.29) is 23.3 Å². The van der Waals surface area contributed by atoms with Gasteiger partial charge in [-0.2, -0.15) is 0 Å². The molecule has 1 atom stereocenters. The van der Waals surface area contributed by atoms with Crippen molar-refractivity contribution < 1.29 is 18.7 Å². The Bertz CT molecular complexity index is 1070. The number of thiazole rings is 1. The zero-order valence-corrected chi connectivity index (χ0v) is 17.7. The molecule has 0 spiro atoms. The number of halogens is 1. The van der Waals surface area contributed by atoms with E-state index in [1.54, 1.807) is 24.3 Å². The second-order valence-corrected chi connectivity index (χ2v) is 9.08. The summed E-state index contributed by atoms with van der Waals surface area (Å²) in [4.78, 5) is 28.8. The van der Waals surface area contributed by atoms with E-state index in [1.165, 1.54) is 41.3 Å². The molecule has 1 aliphatic heterocycles. The molecule has 156 valence electrons. The van der Waals surface area contributed by atoms with Crippen molar-refractivity contribution in [2.24, 2.45) is 0 Å². The van der Waals surface area contributed by atoms with Crippen LogP contribution < -0.4 is 10.6 Å². The van der Waals surface area contributed by atoms with Crippen LogP contribution in [-0.2, 0) is 9.53 Å². The third-order valence-electron chi connectivity index (χ3n) is 4.62. The molecule has 30 heavy (non-hydrogen) atoms. The summed E-state index contributed by atoms with van der Waals surface area (Å²) in [6.45, 7) is 1.31. The first-order valence-corrected chi connectivity index (χ1v) is 11.4. The summed E-state index contributed by atoms with van der Waals surface area (Å²) in [7, 11) is 0. The maximum Gasteiger partial charge on any atom is 0.258 e. The normalized spacial score (nSPS) is 16.0. The van der Waals surface area contributed by atoms with Crippen molar-refractivity contribution in [2.45, 2.75) is 23.3 Å². The van der Waals surface area contributed by atoms with Gasteiger partial charge in [0, 0.05) is 18.8 Å². The van der Waals surface area contributed by atoms with E-state index >= 15 is 0 Å². The van der Waals surface area contributed by atoms with Crippen LogP contribution in [0.2, 0.25) is 0 Å². The standard InChI is InChI=1S/C21H20FN3O3S2/c22-16-6-2-1-5-15(16)20(27)24-13-7-8-17-18(10-13)30-21(25-17)29-12-19(26)23-11-14-4-3-9-28-14/h1-2,5-8,10,14H,3-4,9,11-12H2,(H,23,26)(H,24,27)/t14-/m1/s1. The second kappa shape index (κ2) is 9.55. The molecule has 1 aliphatic rings. The zero-order valence-electron chi connectivity index (χ0n) is 16.0. The molecule has 1 saturated heterocycles. The molecule has 2 heterocycles. The Kier molecular flexibility index (Phi) is 6.61. The maximum atomic E-state index is 13.8. The van der Waals surface area contributed by atoms with Crippen LogP contribution in [0.1, 0.15) is 23.2 Å². The summed E-state index contributed by atoms with van der Waals surface area (Å²) in [6.07, 6.45) is 2.16. The van der Waals surface area contributed by atoms with Gasteiger partial charge in [0.1, 0.15) is 5.82 Å². The summed E-state index contributed by atoms with van der Waals surface area (Å²) in [5.74, 6) is -0.837. The van der Waals surface area contributed by atoms with Gasteiger partial charge in [-0.05, 0) is 43.2 Å². The van der Waals surface area contributed by atoms with E-state index in [4.69, 9.17) is 4.74 Å². The van der Waals surface area contributed by atoms with Crippen molar-refractivity contribution in [1.82, 2.24) is 10.3 Å². The third-order valence-corrected chi connectivity index (χ3v) is 6.78. The lowest BCUT2D eigenvalue weighted by Gasteiger charge is -2.09. The fraction of sp³-hybridized carbons (Fsp3) is 0.286. The average molecular weight is 446 g/mol. The summed E-state index contributed by atoms with van der Waals surface area (Å²) < 4.78 is 20.9. The fourth-order valence-electron chi connectivity index (χ4n) is 3.10. The topological polar surface area (TPSA) is 80.3 Å². The van der Waals surface area contributed by atoms with Gasteiger partial charge in [-0.25, -0.2) is 9.37 Å². The molecule has 1 aromatic heterocycles. The highest BCUT2D eigenvalue weighted by Crippen LogP contribution is 2.31. The van der Waals surface area contributed by atoms with Gasteiger partial charge >= 0.3 is 0 Å². The molecule has 0 saturated carbocycles. The quantitative estimate of drug-likeness (QED) is 0.536. The number of nitrogens with one attached hydrogen (secondary N) is 2. The van der Waals surface area contributed by atoms with E-state index in [0.29, 0.717) is 12.2 Å². The smallest absolute Gasteiger partial charge is 0.258 e. The van der Waals surface area contributed by atoms with E-state index in [1.807, 2.05) is 0 Å². The number of ether oxygens (including phenoxy) is 1. The Morgan fingerprint density at radius 3 is 2.93 bits per heavy atom. The lowest BCUT2D eigenvalue weighted by Crippen LogP contribution is -2.32. The van der Waals surface area contributed by atoms with Crippen molar-refractivity contribution in [3.63, 3.8) is 0 Å². The Morgan fingerprint density at radius 2 is 2.13 bits per heavy atom. The minimum Gasteiger partial charge on any atom is -0.376 e. The van der Waals surface area contributed by atoms with Crippen molar-refractivity contribution in [3.8, 4) is 0 Å². The molecule has 0 unspecified atom stereocenters. The Morgan fingerprint density at radius 1 is 1.27 bits per heavy atom. The molecule has 2 aromatic carbocycles. The molecule has 9 heteroatoms. The van der Waals surface area contributed by atoms with Crippen molar-refractivity contribution in [3.05, 3.63) is 53.8 Å². The number of thioether (sulfide) groups is 1. The van der Waals surface area contributed by atoms with E-state index in [0.717, 1.165) is 34.0 Å². The fourth-order valence-corrected chi connectivity index (χ4v) is 5.04. The van der Waals surface area contributed by atoms with Gasteiger partial charge in [-0.3, -0.25) is 9.59 Å². The molecule has 6 nitrogen and oxygen atoms in total. The Labute approximate surface area is 181 Å². The molecule has 0 radical (unpaired) electrons. The lowest BCUT2D eigenvalue weighted by molar-refractivity contribution is -0.119. The largest absolute Gasteiger partial charge is 0.376 e. The molecular formula is C21H20FN3O3S2. The summed E-state index contributed by atoms with van der Waals surface area (Å²) in [5, 5.41) is 5.60. The second-order valence-electron chi connectivity index (χ2n) is 6.82. The van der Waals surface area contributed by atoms with Crippen molar-refractivity contribution >= 4 is 50.8 Å². The number of carbonyl (C=O) groups excluding carboxylic acids is 2. The molecule has 3 aromatic rings. The minimum absolute atomic E-state index is 0.00726. The molecular weight excluding hydrogens is 425 g/mol. The SMILES string of the molecule is O=C(CSc1nc2ccc(NC(=O)c3ccccc3F)cc2s1)NC[C@H]1CCCO1. The molecule has 2 N–H and O–H groups in total. The highest BCUT2D eigenvalue weighted by Gasteiger charge is 2.17. The van der Waals surface area contributed by atoms with Gasteiger partial charge < -0.3 is 15.4 Å². The van der Waals surface area contributed by atoms with Crippen LogP contribution in [-0.4, -0.2) is 41.8 Å². The number of amides is 2. The highest BCUT2D eigenvalue weighted by molar-refractivity contribution is 8.01. The van der Waals surface area contributed by atoms with Crippen molar-refractivity contribution in [1.29, 1.82) is 0 Å². The van der Waals surface area contributed by atoms with Crippen LogP contribution in [0.4, 0.5) is 10.1 Å². The minimum atomic E-state index is -0.565. The van der Waals surface area contributed by atoms with Gasteiger partial charge in [-0.15, -0.1) is 11.3 Å². The van der Waals surface area contributed by atoms with Crippen LogP contribution in [0, 0.1) is 5.82 Å². The van der Waals surface area contributed by atoms with E-state index in [9.17, 15) is 14.0 Å². The van der Waals surface area contributed by atoms with E-state index < -0.39 is 11.7 Å². The number of hydrogen-bond donors (Lipinski definition) is 2. The molecule has 0 bridgehead atoms. The van der Waals surface area contributed by atoms with Gasteiger partial charge in [0.15, 0.2) is 4.34 Å². The highest BCUT2D eigenvalue weighted by atomic mass is 32.2. The number of nitrogens with zero attached hydrogens (tertiary/aromatic N) is 1. The first-order chi connectivity index (χ1) is 14.6. The van der Waals surface area contributed by atoms with Crippen molar-refractivity contribution in [2.75, 3.05) is 24.2 Å². The van der Waals surface area contributed by atoms with Gasteiger partial charge in [-0.1, -0.05) is 23.9 Å². The van der Waals surface area contributed by atoms with Crippen LogP contribution in [0.15, 0.2) is 46.8 Å². The molecule has 2 amide bonds. The number of fused-ring (bicyclic) bond motifs is 1. The number of aromatic nitrogens is 1.